The molecule has 2 aromatic rings. The number of anilines is 2. The van der Waals surface area contributed by atoms with Gasteiger partial charge in [-0.15, -0.1) is 11.3 Å². The van der Waals surface area contributed by atoms with E-state index in [9.17, 15) is 22.8 Å². The van der Waals surface area contributed by atoms with Crippen molar-refractivity contribution in [1.29, 1.82) is 0 Å². The maximum Gasteiger partial charge on any atom is 0.263 e. The van der Waals surface area contributed by atoms with E-state index in [2.05, 4.69) is 15.0 Å². The molecule has 1 aliphatic heterocycles. The average molecular weight is 461 g/mol. The van der Waals surface area contributed by atoms with Crippen molar-refractivity contribution in [3.63, 3.8) is 0 Å². The van der Waals surface area contributed by atoms with Gasteiger partial charge < -0.3 is 5.32 Å². The van der Waals surface area contributed by atoms with Crippen LogP contribution in [0.15, 0.2) is 52.9 Å². The van der Waals surface area contributed by atoms with Gasteiger partial charge in [-0.3, -0.25) is 24.0 Å². The molecule has 0 radical (unpaired) electrons. The molecular formula is C20H20N4O5S2. The molecule has 162 valence electrons. The number of nitrogens with one attached hydrogen (secondary N) is 2. The number of hydrogen-bond donors (Lipinski definition) is 2. The average Bonchev–Trinajstić information content (AvgIpc) is 3.34. The van der Waals surface area contributed by atoms with Gasteiger partial charge in [-0.05, 0) is 37.1 Å². The third kappa shape index (κ3) is 4.52. The first kappa shape index (κ1) is 21.2. The molecule has 31 heavy (non-hydrogen) atoms. The minimum atomic E-state index is -3.77. The summed E-state index contributed by atoms with van der Waals surface area (Å²) in [7, 11) is -3.77. The van der Waals surface area contributed by atoms with Crippen LogP contribution in [-0.2, 0) is 24.4 Å². The number of thiazole rings is 1. The largest absolute Gasteiger partial charge is 0.326 e. The monoisotopic (exact) mass is 460 g/mol. The maximum absolute atomic E-state index is 12.4. The van der Waals surface area contributed by atoms with Gasteiger partial charge in [0.15, 0.2) is 5.13 Å². The summed E-state index contributed by atoms with van der Waals surface area (Å²) in [4.78, 5) is 42.3. The highest BCUT2D eigenvalue weighted by Gasteiger charge is 2.46. The molecule has 4 rings (SSSR count). The van der Waals surface area contributed by atoms with Crippen molar-refractivity contribution in [2.24, 2.45) is 11.8 Å². The lowest BCUT2D eigenvalue weighted by molar-refractivity contribution is -0.140. The van der Waals surface area contributed by atoms with Gasteiger partial charge in [0, 0.05) is 30.2 Å². The van der Waals surface area contributed by atoms with Gasteiger partial charge in [0.1, 0.15) is 0 Å². The molecule has 0 saturated carbocycles. The lowest BCUT2D eigenvalue weighted by Crippen LogP contribution is -2.34. The Labute approximate surface area is 183 Å². The van der Waals surface area contributed by atoms with Crippen LogP contribution in [0.25, 0.3) is 0 Å². The van der Waals surface area contributed by atoms with E-state index in [1.807, 2.05) is 12.2 Å². The summed E-state index contributed by atoms with van der Waals surface area (Å²) in [5, 5.41) is 4.58. The molecule has 0 bridgehead atoms. The lowest BCUT2D eigenvalue weighted by Gasteiger charge is -2.14. The van der Waals surface area contributed by atoms with Crippen LogP contribution in [0.4, 0.5) is 10.8 Å². The lowest BCUT2D eigenvalue weighted by atomic mass is 9.85. The number of likely N-dealkylation sites (tertiary alicyclic amines) is 1. The van der Waals surface area contributed by atoms with Crippen LogP contribution in [0.1, 0.15) is 19.3 Å². The third-order valence-electron chi connectivity index (χ3n) is 5.26. The predicted molar refractivity (Wildman–Crippen MR) is 115 cm³/mol. The van der Waals surface area contributed by atoms with Crippen molar-refractivity contribution < 1.29 is 22.8 Å². The number of allylic oxidation sites excluding steroid dienone is 2. The number of carbonyl (C=O) groups is 3. The zero-order valence-corrected chi connectivity index (χ0v) is 18.0. The summed E-state index contributed by atoms with van der Waals surface area (Å²) in [5.41, 5.74) is 0.412. The Balaban J connectivity index is 1.32. The zero-order chi connectivity index (χ0) is 22.0. The van der Waals surface area contributed by atoms with Crippen molar-refractivity contribution in [3.05, 3.63) is 48.0 Å². The number of rotatable bonds is 7. The Kier molecular flexibility index (Phi) is 5.88. The molecule has 0 spiro atoms. The molecule has 2 N–H and O–H groups in total. The molecule has 1 aromatic carbocycles. The first-order valence-corrected chi connectivity index (χ1v) is 12.0. The van der Waals surface area contributed by atoms with Crippen LogP contribution in [0, 0.1) is 11.8 Å². The summed E-state index contributed by atoms with van der Waals surface area (Å²) < 4.78 is 27.1. The zero-order valence-electron chi connectivity index (χ0n) is 16.4. The first-order chi connectivity index (χ1) is 14.8. The molecule has 2 heterocycles. The SMILES string of the molecule is O=C(CCN1C(=O)[C@H]2CC=CC[C@H]2C1=O)Nc1ccc(S(=O)(=O)Nc2nccs2)cc1. The Morgan fingerprint density at radius 1 is 1.10 bits per heavy atom. The minimum Gasteiger partial charge on any atom is -0.326 e. The van der Waals surface area contributed by atoms with E-state index in [1.165, 1.54) is 35.4 Å². The van der Waals surface area contributed by atoms with Gasteiger partial charge in [-0.2, -0.15) is 0 Å². The van der Waals surface area contributed by atoms with E-state index >= 15 is 0 Å². The first-order valence-electron chi connectivity index (χ1n) is 9.67. The van der Waals surface area contributed by atoms with Crippen LogP contribution in [-0.4, -0.2) is 42.6 Å². The molecule has 1 saturated heterocycles. The minimum absolute atomic E-state index is 0.0285. The Morgan fingerprint density at radius 3 is 2.32 bits per heavy atom. The number of benzene rings is 1. The molecule has 0 unspecified atom stereocenters. The molecule has 2 atom stereocenters. The molecule has 1 aromatic heterocycles. The number of amides is 3. The van der Waals surface area contributed by atoms with Gasteiger partial charge in [0.25, 0.3) is 10.0 Å². The van der Waals surface area contributed by atoms with E-state index in [0.717, 1.165) is 11.3 Å². The van der Waals surface area contributed by atoms with Crippen LogP contribution >= 0.6 is 11.3 Å². The molecular weight excluding hydrogens is 440 g/mol. The highest BCUT2D eigenvalue weighted by Crippen LogP contribution is 2.35. The van der Waals surface area contributed by atoms with Gasteiger partial charge in [-0.1, -0.05) is 12.2 Å². The van der Waals surface area contributed by atoms with E-state index in [-0.39, 0.29) is 52.5 Å². The van der Waals surface area contributed by atoms with Gasteiger partial charge in [-0.25, -0.2) is 13.4 Å². The number of carbonyl (C=O) groups excluding carboxylic acids is 3. The normalized spacial score (nSPS) is 20.6. The molecule has 1 fully saturated rings. The van der Waals surface area contributed by atoms with Crippen molar-refractivity contribution >= 4 is 49.9 Å². The molecule has 2 aliphatic rings. The van der Waals surface area contributed by atoms with Crippen molar-refractivity contribution in [2.45, 2.75) is 24.2 Å². The van der Waals surface area contributed by atoms with Crippen molar-refractivity contribution in [2.75, 3.05) is 16.6 Å². The number of hydrogen-bond acceptors (Lipinski definition) is 7. The van der Waals surface area contributed by atoms with E-state index < -0.39 is 10.0 Å². The van der Waals surface area contributed by atoms with Crippen LogP contribution in [0.3, 0.4) is 0 Å². The summed E-state index contributed by atoms with van der Waals surface area (Å²) in [6.07, 6.45) is 6.41. The number of aromatic nitrogens is 1. The fourth-order valence-electron chi connectivity index (χ4n) is 3.69. The van der Waals surface area contributed by atoms with Gasteiger partial charge in [0.05, 0.1) is 16.7 Å². The van der Waals surface area contributed by atoms with Crippen LogP contribution < -0.4 is 10.0 Å². The second-order valence-electron chi connectivity index (χ2n) is 7.25. The number of nitrogens with zero attached hydrogens (tertiary/aromatic N) is 2. The summed E-state index contributed by atoms with van der Waals surface area (Å²) in [5.74, 6) is -1.42. The summed E-state index contributed by atoms with van der Waals surface area (Å²) >= 11 is 1.16. The fraction of sp³-hybridized carbons (Fsp3) is 0.300. The summed E-state index contributed by atoms with van der Waals surface area (Å²) in [6, 6.07) is 5.69. The highest BCUT2D eigenvalue weighted by molar-refractivity contribution is 7.93. The van der Waals surface area contributed by atoms with E-state index in [4.69, 9.17) is 0 Å². The Hall–Kier alpha value is -3.05. The standard InChI is InChI=1S/C20H20N4O5S2/c25-17(9-11-24-18(26)15-3-1-2-4-16(15)19(24)27)22-13-5-7-14(8-6-13)31(28,29)23-20-21-10-12-30-20/h1-2,5-8,10,12,15-16H,3-4,9,11H2,(H,21,23)(H,22,25)/t15-,16+. The predicted octanol–water partition coefficient (Wildman–Crippen LogP) is 2.22. The van der Waals surface area contributed by atoms with Crippen molar-refractivity contribution in [1.82, 2.24) is 9.88 Å². The summed E-state index contributed by atoms with van der Waals surface area (Å²) in [6.45, 7) is 0.0285. The van der Waals surface area contributed by atoms with Crippen molar-refractivity contribution in [3.8, 4) is 0 Å². The Morgan fingerprint density at radius 2 is 1.74 bits per heavy atom. The van der Waals surface area contributed by atoms with E-state index in [1.54, 1.807) is 5.38 Å². The molecule has 3 amide bonds. The van der Waals surface area contributed by atoms with Crippen LogP contribution in [0.2, 0.25) is 0 Å². The van der Waals surface area contributed by atoms with Gasteiger partial charge in [0.2, 0.25) is 17.7 Å². The third-order valence-corrected chi connectivity index (χ3v) is 7.44. The maximum atomic E-state index is 12.4. The number of imide groups is 1. The number of fused-ring (bicyclic) bond motifs is 1. The van der Waals surface area contributed by atoms with Crippen LogP contribution in [0.5, 0.6) is 0 Å². The topological polar surface area (TPSA) is 126 Å². The highest BCUT2D eigenvalue weighted by atomic mass is 32.2. The fourth-order valence-corrected chi connectivity index (χ4v) is 5.48. The smallest absolute Gasteiger partial charge is 0.263 e. The molecule has 9 nitrogen and oxygen atoms in total. The molecule has 1 aliphatic carbocycles. The van der Waals surface area contributed by atoms with E-state index in [0.29, 0.717) is 18.5 Å². The van der Waals surface area contributed by atoms with Gasteiger partial charge >= 0.3 is 0 Å². The quantitative estimate of drug-likeness (QED) is 0.482. The second-order valence-corrected chi connectivity index (χ2v) is 9.83. The molecule has 11 heteroatoms. The number of sulfonamides is 1. The second kappa shape index (κ2) is 8.60. The Bertz CT molecular complexity index is 1100.